The summed E-state index contributed by atoms with van der Waals surface area (Å²) in [6.45, 7) is 8.32. The molecule has 0 heterocycles. The quantitative estimate of drug-likeness (QED) is 0.204. The van der Waals surface area contributed by atoms with Gasteiger partial charge in [-0.15, -0.1) is 0 Å². The van der Waals surface area contributed by atoms with Gasteiger partial charge < -0.3 is 26.8 Å². The summed E-state index contributed by atoms with van der Waals surface area (Å²) >= 11 is 0. The van der Waals surface area contributed by atoms with Crippen LogP contribution >= 0.6 is 0 Å². The number of aliphatic hydroxyl groups is 1. The van der Waals surface area contributed by atoms with Crippen molar-refractivity contribution in [3.05, 3.63) is 0 Å². The first kappa shape index (κ1) is 24.8. The fourth-order valence-corrected chi connectivity index (χ4v) is 2.94. The molecule has 1 unspecified atom stereocenters. The third kappa shape index (κ3) is 21.8. The first-order chi connectivity index (χ1) is 12.3. The van der Waals surface area contributed by atoms with Crippen LogP contribution in [0.15, 0.2) is 0 Å². The highest BCUT2D eigenvalue weighted by Crippen LogP contribution is 2.11. The number of nitrogens with two attached hydrogens (primary N) is 1. The van der Waals surface area contributed by atoms with E-state index in [0.29, 0.717) is 13.1 Å². The molecule has 0 saturated carbocycles. The predicted molar refractivity (Wildman–Crippen MR) is 110 cm³/mol. The second-order valence-corrected chi connectivity index (χ2v) is 7.12. The summed E-state index contributed by atoms with van der Waals surface area (Å²) in [6, 6.07) is 0. The maximum atomic E-state index is 9.97. The minimum absolute atomic E-state index is 0.194. The molecule has 0 radical (unpaired) electrons. The van der Waals surface area contributed by atoms with Crippen molar-refractivity contribution < 1.29 is 5.11 Å². The van der Waals surface area contributed by atoms with Crippen LogP contribution in [0, 0.1) is 0 Å². The summed E-state index contributed by atoms with van der Waals surface area (Å²) in [6.07, 6.45) is 14.2. The standard InChI is InChI=1S/C20H46N4O/c1-2-3-4-5-6-7-8-9-10-11-12-20(25)19-24-18-17-23-16-15-22-14-13-21/h20,22-25H,2-19,21H2,1H3. The molecule has 0 aromatic heterocycles. The van der Waals surface area contributed by atoms with E-state index in [-0.39, 0.29) is 6.10 Å². The van der Waals surface area contributed by atoms with Crippen molar-refractivity contribution in [2.24, 2.45) is 5.73 Å². The van der Waals surface area contributed by atoms with Crippen LogP contribution in [0.5, 0.6) is 0 Å². The molecule has 0 aliphatic heterocycles. The Labute approximate surface area is 156 Å². The van der Waals surface area contributed by atoms with Crippen LogP contribution in [0.4, 0.5) is 0 Å². The number of hydrogen-bond acceptors (Lipinski definition) is 5. The summed E-state index contributed by atoms with van der Waals surface area (Å²) < 4.78 is 0. The number of hydrogen-bond donors (Lipinski definition) is 5. The Balaban J connectivity index is 3.12. The smallest absolute Gasteiger partial charge is 0.0664 e. The Morgan fingerprint density at radius 1 is 0.680 bits per heavy atom. The summed E-state index contributed by atoms with van der Waals surface area (Å²) in [5.41, 5.74) is 5.41. The molecule has 0 aromatic rings. The third-order valence-electron chi connectivity index (χ3n) is 4.55. The van der Waals surface area contributed by atoms with Gasteiger partial charge in [0.2, 0.25) is 0 Å². The zero-order valence-electron chi connectivity index (χ0n) is 16.8. The molecule has 0 amide bonds. The minimum atomic E-state index is -0.194. The first-order valence-corrected chi connectivity index (χ1v) is 10.8. The topological polar surface area (TPSA) is 82.3 Å². The Bertz CT molecular complexity index is 242. The normalized spacial score (nSPS) is 12.6. The van der Waals surface area contributed by atoms with Gasteiger partial charge in [0.1, 0.15) is 0 Å². The lowest BCUT2D eigenvalue weighted by atomic mass is 10.0. The highest BCUT2D eigenvalue weighted by molar-refractivity contribution is 4.61. The molecule has 1 atom stereocenters. The van der Waals surface area contributed by atoms with Gasteiger partial charge in [0.05, 0.1) is 6.10 Å². The predicted octanol–water partition coefficient (Wildman–Crippen LogP) is 2.39. The molecule has 152 valence electrons. The first-order valence-electron chi connectivity index (χ1n) is 10.8. The van der Waals surface area contributed by atoms with E-state index >= 15 is 0 Å². The summed E-state index contributed by atoms with van der Waals surface area (Å²) in [7, 11) is 0. The lowest BCUT2D eigenvalue weighted by molar-refractivity contribution is 0.158. The summed E-state index contributed by atoms with van der Waals surface area (Å²) in [5.74, 6) is 0. The molecular formula is C20H46N4O. The molecule has 0 aliphatic carbocycles. The highest BCUT2D eigenvalue weighted by atomic mass is 16.3. The van der Waals surface area contributed by atoms with Gasteiger partial charge in [-0.05, 0) is 6.42 Å². The van der Waals surface area contributed by atoms with Crippen molar-refractivity contribution in [3.8, 4) is 0 Å². The fourth-order valence-electron chi connectivity index (χ4n) is 2.94. The van der Waals surface area contributed by atoms with Gasteiger partial charge in [-0.1, -0.05) is 71.1 Å². The molecule has 0 fully saturated rings. The Kier molecular flexibility index (Phi) is 21.7. The molecule has 0 aromatic carbocycles. The molecule has 6 N–H and O–H groups in total. The maximum absolute atomic E-state index is 9.97. The number of rotatable bonds is 21. The van der Waals surface area contributed by atoms with Crippen molar-refractivity contribution in [2.75, 3.05) is 45.8 Å². The fraction of sp³-hybridized carbons (Fsp3) is 1.00. The van der Waals surface area contributed by atoms with Crippen LogP contribution in [-0.2, 0) is 0 Å². The van der Waals surface area contributed by atoms with Crippen LogP contribution in [0.3, 0.4) is 0 Å². The lowest BCUT2D eigenvalue weighted by Gasteiger charge is -2.12. The van der Waals surface area contributed by atoms with E-state index in [9.17, 15) is 5.11 Å². The van der Waals surface area contributed by atoms with Crippen molar-refractivity contribution in [1.29, 1.82) is 0 Å². The van der Waals surface area contributed by atoms with E-state index in [1.807, 2.05) is 0 Å². The lowest BCUT2D eigenvalue weighted by Crippen LogP contribution is -2.36. The molecule has 25 heavy (non-hydrogen) atoms. The van der Waals surface area contributed by atoms with Crippen molar-refractivity contribution in [3.63, 3.8) is 0 Å². The molecule has 5 heteroatoms. The zero-order valence-corrected chi connectivity index (χ0v) is 16.8. The third-order valence-corrected chi connectivity index (χ3v) is 4.55. The van der Waals surface area contributed by atoms with E-state index in [4.69, 9.17) is 5.73 Å². The van der Waals surface area contributed by atoms with Gasteiger partial charge >= 0.3 is 0 Å². The Hall–Kier alpha value is -0.200. The molecule has 0 bridgehead atoms. The molecule has 0 spiro atoms. The maximum Gasteiger partial charge on any atom is 0.0664 e. The van der Waals surface area contributed by atoms with Crippen molar-refractivity contribution >= 4 is 0 Å². The molecule has 0 rings (SSSR count). The minimum Gasteiger partial charge on any atom is -0.392 e. The highest BCUT2D eigenvalue weighted by Gasteiger charge is 2.03. The molecule has 5 nitrogen and oxygen atoms in total. The summed E-state index contributed by atoms with van der Waals surface area (Å²) in [4.78, 5) is 0. The SMILES string of the molecule is CCCCCCCCCCCCC(O)CNCCNCCNCCN. The number of aliphatic hydroxyl groups excluding tert-OH is 1. The number of unbranched alkanes of at least 4 members (excludes halogenated alkanes) is 9. The Morgan fingerprint density at radius 3 is 1.72 bits per heavy atom. The largest absolute Gasteiger partial charge is 0.392 e. The van der Waals surface area contributed by atoms with E-state index < -0.39 is 0 Å². The van der Waals surface area contributed by atoms with Gasteiger partial charge in [0.15, 0.2) is 0 Å². The van der Waals surface area contributed by atoms with Crippen LogP contribution in [0.25, 0.3) is 0 Å². The average Bonchev–Trinajstić information content (AvgIpc) is 2.62. The Morgan fingerprint density at radius 2 is 1.16 bits per heavy atom. The van der Waals surface area contributed by atoms with Gasteiger partial charge in [-0.2, -0.15) is 0 Å². The van der Waals surface area contributed by atoms with Crippen LogP contribution < -0.4 is 21.7 Å². The van der Waals surface area contributed by atoms with E-state index in [1.54, 1.807) is 0 Å². The number of nitrogens with one attached hydrogen (secondary N) is 3. The van der Waals surface area contributed by atoms with Crippen LogP contribution in [0.1, 0.15) is 77.6 Å². The van der Waals surface area contributed by atoms with E-state index in [0.717, 1.165) is 45.6 Å². The summed E-state index contributed by atoms with van der Waals surface area (Å²) in [5, 5.41) is 19.9. The molecule has 0 aliphatic rings. The molecule has 0 saturated heterocycles. The second-order valence-electron chi connectivity index (χ2n) is 7.12. The molecular weight excluding hydrogens is 312 g/mol. The van der Waals surface area contributed by atoms with Crippen molar-refractivity contribution in [2.45, 2.75) is 83.7 Å². The van der Waals surface area contributed by atoms with Crippen LogP contribution in [-0.4, -0.2) is 57.0 Å². The monoisotopic (exact) mass is 358 g/mol. The van der Waals surface area contributed by atoms with Gasteiger partial charge in [0, 0.05) is 45.8 Å². The van der Waals surface area contributed by atoms with Gasteiger partial charge in [-0.3, -0.25) is 0 Å². The van der Waals surface area contributed by atoms with E-state index in [2.05, 4.69) is 22.9 Å². The van der Waals surface area contributed by atoms with Crippen molar-refractivity contribution in [1.82, 2.24) is 16.0 Å². The second kappa shape index (κ2) is 21.8. The zero-order chi connectivity index (χ0) is 18.4. The van der Waals surface area contributed by atoms with Gasteiger partial charge in [-0.25, -0.2) is 0 Å². The van der Waals surface area contributed by atoms with E-state index in [1.165, 1.54) is 57.8 Å². The van der Waals surface area contributed by atoms with Crippen LogP contribution in [0.2, 0.25) is 0 Å². The van der Waals surface area contributed by atoms with Gasteiger partial charge in [0.25, 0.3) is 0 Å². The average molecular weight is 359 g/mol.